The van der Waals surface area contributed by atoms with E-state index in [9.17, 15) is 8.42 Å². The SMILES string of the molecule is NCc1cc(S(=O)(=O)NCCc2cnc[nH]2)cs1. The quantitative estimate of drug-likeness (QED) is 0.717. The maximum absolute atomic E-state index is 11.9. The van der Waals surface area contributed by atoms with Gasteiger partial charge in [0.2, 0.25) is 10.0 Å². The third-order valence-electron chi connectivity index (χ3n) is 2.38. The number of rotatable bonds is 6. The van der Waals surface area contributed by atoms with E-state index in [0.29, 0.717) is 19.5 Å². The van der Waals surface area contributed by atoms with E-state index >= 15 is 0 Å². The summed E-state index contributed by atoms with van der Waals surface area (Å²) < 4.78 is 26.4. The van der Waals surface area contributed by atoms with Crippen LogP contribution in [0.25, 0.3) is 0 Å². The van der Waals surface area contributed by atoms with Crippen molar-refractivity contribution >= 4 is 21.4 Å². The molecule has 2 heterocycles. The van der Waals surface area contributed by atoms with Gasteiger partial charge in [-0.15, -0.1) is 11.3 Å². The molecule has 2 rings (SSSR count). The predicted octanol–water partition coefficient (Wildman–Crippen LogP) is 0.451. The number of hydrogen-bond acceptors (Lipinski definition) is 5. The molecule has 2 aromatic rings. The molecule has 0 unspecified atom stereocenters. The molecule has 2 aromatic heterocycles. The van der Waals surface area contributed by atoms with Crippen LogP contribution < -0.4 is 10.5 Å². The molecular formula is C10H14N4O2S2. The van der Waals surface area contributed by atoms with Crippen molar-refractivity contribution in [1.29, 1.82) is 0 Å². The predicted molar refractivity (Wildman–Crippen MR) is 69.7 cm³/mol. The lowest BCUT2D eigenvalue weighted by atomic mass is 10.3. The largest absolute Gasteiger partial charge is 0.348 e. The molecule has 0 amide bonds. The van der Waals surface area contributed by atoms with Crippen molar-refractivity contribution in [2.75, 3.05) is 6.54 Å². The van der Waals surface area contributed by atoms with Crippen LogP contribution in [0.4, 0.5) is 0 Å². The van der Waals surface area contributed by atoms with E-state index in [4.69, 9.17) is 5.73 Å². The van der Waals surface area contributed by atoms with Crippen molar-refractivity contribution in [1.82, 2.24) is 14.7 Å². The summed E-state index contributed by atoms with van der Waals surface area (Å²) in [5.41, 5.74) is 6.35. The molecule has 98 valence electrons. The van der Waals surface area contributed by atoms with Gasteiger partial charge in [0.1, 0.15) is 0 Å². The fourth-order valence-electron chi connectivity index (χ4n) is 1.43. The number of nitrogens with zero attached hydrogens (tertiary/aromatic N) is 1. The number of imidazole rings is 1. The number of aromatic amines is 1. The van der Waals surface area contributed by atoms with Crippen LogP contribution in [0.2, 0.25) is 0 Å². The average Bonchev–Trinajstić information content (AvgIpc) is 2.99. The highest BCUT2D eigenvalue weighted by Gasteiger charge is 2.15. The first-order valence-electron chi connectivity index (χ1n) is 5.36. The molecule has 0 atom stereocenters. The van der Waals surface area contributed by atoms with Gasteiger partial charge in [0, 0.05) is 41.7 Å². The first-order valence-corrected chi connectivity index (χ1v) is 7.72. The van der Waals surface area contributed by atoms with E-state index in [1.165, 1.54) is 11.3 Å². The molecule has 0 radical (unpaired) electrons. The summed E-state index contributed by atoms with van der Waals surface area (Å²) in [6.07, 6.45) is 3.81. The zero-order chi connectivity index (χ0) is 13.0. The number of aromatic nitrogens is 2. The van der Waals surface area contributed by atoms with Crippen LogP contribution in [0, 0.1) is 0 Å². The summed E-state index contributed by atoms with van der Waals surface area (Å²) >= 11 is 1.35. The van der Waals surface area contributed by atoms with Crippen molar-refractivity contribution in [2.24, 2.45) is 5.73 Å². The Bertz CT molecular complexity index is 589. The summed E-state index contributed by atoms with van der Waals surface area (Å²) in [7, 11) is -3.43. The van der Waals surface area contributed by atoms with Crippen LogP contribution in [0.5, 0.6) is 0 Å². The van der Waals surface area contributed by atoms with Crippen molar-refractivity contribution in [3.05, 3.63) is 34.5 Å². The zero-order valence-electron chi connectivity index (χ0n) is 9.59. The smallest absolute Gasteiger partial charge is 0.241 e. The summed E-state index contributed by atoms with van der Waals surface area (Å²) in [5.74, 6) is 0. The van der Waals surface area contributed by atoms with E-state index in [-0.39, 0.29) is 4.90 Å². The molecule has 0 bridgehead atoms. The van der Waals surface area contributed by atoms with E-state index in [0.717, 1.165) is 10.6 Å². The summed E-state index contributed by atoms with van der Waals surface area (Å²) in [6, 6.07) is 1.60. The Morgan fingerprint density at radius 1 is 1.50 bits per heavy atom. The van der Waals surface area contributed by atoms with Crippen molar-refractivity contribution in [3.8, 4) is 0 Å². The minimum absolute atomic E-state index is 0.276. The summed E-state index contributed by atoms with van der Waals surface area (Å²) in [5, 5.41) is 1.60. The number of sulfonamides is 1. The first kappa shape index (κ1) is 13.2. The van der Waals surface area contributed by atoms with E-state index in [1.807, 2.05) is 0 Å². The number of H-pyrrole nitrogens is 1. The normalized spacial score (nSPS) is 11.8. The highest BCUT2D eigenvalue weighted by molar-refractivity contribution is 7.89. The molecule has 18 heavy (non-hydrogen) atoms. The number of hydrogen-bond donors (Lipinski definition) is 3. The second-order valence-corrected chi connectivity index (χ2v) is 6.44. The molecule has 0 saturated carbocycles. The lowest BCUT2D eigenvalue weighted by Gasteiger charge is -2.03. The van der Waals surface area contributed by atoms with Crippen molar-refractivity contribution in [2.45, 2.75) is 17.9 Å². The molecule has 0 saturated heterocycles. The maximum atomic E-state index is 11.9. The van der Waals surface area contributed by atoms with Gasteiger partial charge in [0.15, 0.2) is 0 Å². The number of nitrogens with two attached hydrogens (primary N) is 1. The second kappa shape index (κ2) is 5.61. The Morgan fingerprint density at radius 3 is 2.94 bits per heavy atom. The molecular weight excluding hydrogens is 272 g/mol. The highest BCUT2D eigenvalue weighted by atomic mass is 32.2. The Hall–Kier alpha value is -1.22. The molecule has 0 aliphatic heterocycles. The van der Waals surface area contributed by atoms with Gasteiger partial charge >= 0.3 is 0 Å². The van der Waals surface area contributed by atoms with Gasteiger partial charge in [-0.25, -0.2) is 18.1 Å². The molecule has 4 N–H and O–H groups in total. The molecule has 0 aromatic carbocycles. The van der Waals surface area contributed by atoms with Crippen LogP contribution in [0.3, 0.4) is 0 Å². The van der Waals surface area contributed by atoms with Crippen LogP contribution in [-0.2, 0) is 23.0 Å². The summed E-state index contributed by atoms with van der Waals surface area (Å²) in [4.78, 5) is 7.91. The molecule has 8 heteroatoms. The third kappa shape index (κ3) is 3.16. The van der Waals surface area contributed by atoms with Gasteiger partial charge in [-0.2, -0.15) is 0 Å². The lowest BCUT2D eigenvalue weighted by molar-refractivity contribution is 0.581. The van der Waals surface area contributed by atoms with E-state index in [2.05, 4.69) is 14.7 Å². The minimum Gasteiger partial charge on any atom is -0.348 e. The van der Waals surface area contributed by atoms with Crippen LogP contribution in [0.1, 0.15) is 10.6 Å². The van der Waals surface area contributed by atoms with Crippen LogP contribution in [-0.4, -0.2) is 24.9 Å². The molecule has 0 aliphatic carbocycles. The Labute approximate surface area is 109 Å². The molecule has 0 spiro atoms. The van der Waals surface area contributed by atoms with Gasteiger partial charge in [0.05, 0.1) is 11.2 Å². The first-order chi connectivity index (χ1) is 8.62. The fraction of sp³-hybridized carbons (Fsp3) is 0.300. The fourth-order valence-corrected chi connectivity index (χ4v) is 3.62. The standard InChI is InChI=1S/C10H14N4O2S2/c11-4-9-3-10(6-17-9)18(15,16)14-2-1-8-5-12-7-13-8/h3,5-7,14H,1-2,4,11H2,(H,12,13). The Balaban J connectivity index is 1.95. The number of nitrogens with one attached hydrogen (secondary N) is 2. The van der Waals surface area contributed by atoms with Gasteiger partial charge in [0.25, 0.3) is 0 Å². The molecule has 0 fully saturated rings. The Morgan fingerprint density at radius 2 is 2.33 bits per heavy atom. The number of thiophene rings is 1. The topological polar surface area (TPSA) is 101 Å². The second-order valence-electron chi connectivity index (χ2n) is 3.68. The minimum atomic E-state index is -3.43. The average molecular weight is 286 g/mol. The van der Waals surface area contributed by atoms with Crippen LogP contribution >= 0.6 is 11.3 Å². The molecule has 6 nitrogen and oxygen atoms in total. The highest BCUT2D eigenvalue weighted by Crippen LogP contribution is 2.18. The van der Waals surface area contributed by atoms with Gasteiger partial charge < -0.3 is 10.7 Å². The van der Waals surface area contributed by atoms with E-state index < -0.39 is 10.0 Å². The zero-order valence-corrected chi connectivity index (χ0v) is 11.2. The van der Waals surface area contributed by atoms with E-state index in [1.54, 1.807) is 24.0 Å². The molecule has 0 aliphatic rings. The Kier molecular flexibility index (Phi) is 4.12. The van der Waals surface area contributed by atoms with Crippen molar-refractivity contribution in [3.63, 3.8) is 0 Å². The monoisotopic (exact) mass is 286 g/mol. The van der Waals surface area contributed by atoms with Crippen molar-refractivity contribution < 1.29 is 8.42 Å². The van der Waals surface area contributed by atoms with Crippen LogP contribution in [0.15, 0.2) is 28.9 Å². The van der Waals surface area contributed by atoms with Gasteiger partial charge in [-0.05, 0) is 6.07 Å². The third-order valence-corrected chi connectivity index (χ3v) is 4.93. The van der Waals surface area contributed by atoms with Gasteiger partial charge in [-0.3, -0.25) is 0 Å². The lowest BCUT2D eigenvalue weighted by Crippen LogP contribution is -2.25. The summed E-state index contributed by atoms with van der Waals surface area (Å²) in [6.45, 7) is 0.687. The maximum Gasteiger partial charge on any atom is 0.241 e. The van der Waals surface area contributed by atoms with Gasteiger partial charge in [-0.1, -0.05) is 0 Å².